The molecule has 0 aliphatic rings. The van der Waals surface area contributed by atoms with E-state index in [9.17, 15) is 4.79 Å². The van der Waals surface area contributed by atoms with Crippen molar-refractivity contribution in [3.05, 3.63) is 109 Å². The van der Waals surface area contributed by atoms with Crippen LogP contribution in [-0.4, -0.2) is 50.4 Å². The van der Waals surface area contributed by atoms with Crippen molar-refractivity contribution in [2.45, 2.75) is 39.4 Å². The van der Waals surface area contributed by atoms with Gasteiger partial charge in [0.1, 0.15) is 6.04 Å². The van der Waals surface area contributed by atoms with Crippen molar-refractivity contribution in [1.29, 1.82) is 0 Å². The Balaban J connectivity index is 1.64. The second kappa shape index (κ2) is 11.8. The molecule has 0 fully saturated rings. The van der Waals surface area contributed by atoms with E-state index < -0.39 is 6.04 Å². The van der Waals surface area contributed by atoms with Crippen molar-refractivity contribution in [3.63, 3.8) is 0 Å². The molecule has 0 saturated heterocycles. The number of aromatic amines is 1. The van der Waals surface area contributed by atoms with Gasteiger partial charge in [0, 0.05) is 36.2 Å². The lowest BCUT2D eigenvalue weighted by molar-refractivity contribution is 0.172. The monoisotopic (exact) mass is 528 g/mol. The zero-order valence-corrected chi connectivity index (χ0v) is 22.7. The Morgan fingerprint density at radius 2 is 1.89 bits per heavy atom. The molecule has 5 rings (SSSR count). The molecule has 0 saturated carbocycles. The topological polar surface area (TPSA) is 88.9 Å². The molecule has 1 N–H and O–H groups in total. The summed E-state index contributed by atoms with van der Waals surface area (Å²) < 4.78 is 7.07. The highest BCUT2D eigenvalue weighted by atomic mass is 32.1. The molecule has 1 atom stereocenters. The Kier molecular flexibility index (Phi) is 8.07. The summed E-state index contributed by atoms with van der Waals surface area (Å²) in [5.41, 5.74) is 4.87. The zero-order valence-electron chi connectivity index (χ0n) is 21.9. The molecule has 0 spiro atoms. The molecule has 8 nitrogen and oxygen atoms in total. The van der Waals surface area contributed by atoms with E-state index in [-0.39, 0.29) is 5.56 Å². The lowest BCUT2D eigenvalue weighted by Crippen LogP contribution is -2.36. The van der Waals surface area contributed by atoms with Crippen LogP contribution in [0.3, 0.4) is 0 Å². The van der Waals surface area contributed by atoms with Gasteiger partial charge in [0.15, 0.2) is 5.82 Å². The first-order valence-corrected chi connectivity index (χ1v) is 13.6. The quantitative estimate of drug-likeness (QED) is 0.268. The summed E-state index contributed by atoms with van der Waals surface area (Å²) in [6.45, 7) is 6.48. The van der Waals surface area contributed by atoms with E-state index in [1.54, 1.807) is 23.1 Å². The fraction of sp³-hybridized carbons (Fsp3) is 0.310. The van der Waals surface area contributed by atoms with Crippen molar-refractivity contribution in [1.82, 2.24) is 30.1 Å². The van der Waals surface area contributed by atoms with Crippen LogP contribution in [0.25, 0.3) is 10.9 Å². The largest absolute Gasteiger partial charge is 0.383 e. The van der Waals surface area contributed by atoms with Crippen molar-refractivity contribution in [2.24, 2.45) is 0 Å². The number of fused-ring (bicyclic) bond motifs is 1. The molecule has 3 heterocycles. The summed E-state index contributed by atoms with van der Waals surface area (Å²) in [5.74, 6) is 0.625. The van der Waals surface area contributed by atoms with Crippen LogP contribution < -0.4 is 5.56 Å². The first-order valence-electron chi connectivity index (χ1n) is 12.7. The molecule has 0 bridgehead atoms. The van der Waals surface area contributed by atoms with Gasteiger partial charge in [0.2, 0.25) is 0 Å². The third kappa shape index (κ3) is 5.75. The molecule has 0 aliphatic carbocycles. The molecule has 196 valence electrons. The van der Waals surface area contributed by atoms with E-state index in [1.807, 2.05) is 18.2 Å². The van der Waals surface area contributed by atoms with E-state index in [2.05, 4.69) is 87.1 Å². The van der Waals surface area contributed by atoms with E-state index in [0.29, 0.717) is 37.6 Å². The van der Waals surface area contributed by atoms with Crippen LogP contribution in [0.15, 0.2) is 70.8 Å². The number of pyridine rings is 1. The Hall–Kier alpha value is -3.66. The summed E-state index contributed by atoms with van der Waals surface area (Å²) in [6.07, 6.45) is 0.826. The van der Waals surface area contributed by atoms with Crippen LogP contribution in [0, 0.1) is 13.8 Å². The maximum absolute atomic E-state index is 13.7. The van der Waals surface area contributed by atoms with Gasteiger partial charge < -0.3 is 9.72 Å². The van der Waals surface area contributed by atoms with E-state index in [1.165, 1.54) is 16.0 Å². The van der Waals surface area contributed by atoms with Crippen LogP contribution in [0.5, 0.6) is 0 Å². The smallest absolute Gasteiger partial charge is 0.253 e. The number of thiophene rings is 1. The average molecular weight is 529 g/mol. The molecule has 0 aliphatic heterocycles. The number of methoxy groups -OCH3 is 1. The summed E-state index contributed by atoms with van der Waals surface area (Å²) in [7, 11) is 1.66. The van der Waals surface area contributed by atoms with Gasteiger partial charge in [-0.3, -0.25) is 9.69 Å². The highest BCUT2D eigenvalue weighted by Crippen LogP contribution is 2.30. The summed E-state index contributed by atoms with van der Waals surface area (Å²) in [6, 6.07) is 20.3. The number of tetrazole rings is 1. The fourth-order valence-corrected chi connectivity index (χ4v) is 5.49. The van der Waals surface area contributed by atoms with Crippen LogP contribution in [-0.2, 0) is 24.2 Å². The Morgan fingerprint density at radius 1 is 1.08 bits per heavy atom. The van der Waals surface area contributed by atoms with Crippen LogP contribution in [0.4, 0.5) is 0 Å². The molecule has 38 heavy (non-hydrogen) atoms. The second-order valence-electron chi connectivity index (χ2n) is 9.52. The van der Waals surface area contributed by atoms with Gasteiger partial charge in [-0.05, 0) is 82.4 Å². The number of nitrogens with one attached hydrogen (secondary N) is 1. The standard InChI is InChI=1S/C29H32N6O2S/c1-20-16-23-18-25(29(36)30-26(23)17-21(20)2)27(28-31-32-33-35(28)13-14-37-3)34(19-24-10-7-15-38-24)12-11-22-8-5-4-6-9-22/h4-10,15-18,27H,11-14,19H2,1-3H3,(H,30,36). The highest BCUT2D eigenvalue weighted by molar-refractivity contribution is 7.09. The highest BCUT2D eigenvalue weighted by Gasteiger charge is 2.31. The maximum Gasteiger partial charge on any atom is 0.253 e. The van der Waals surface area contributed by atoms with Gasteiger partial charge in [-0.1, -0.05) is 36.4 Å². The number of hydrogen-bond acceptors (Lipinski definition) is 7. The van der Waals surface area contributed by atoms with Gasteiger partial charge in [0.05, 0.1) is 13.2 Å². The van der Waals surface area contributed by atoms with Gasteiger partial charge in [-0.2, -0.15) is 0 Å². The van der Waals surface area contributed by atoms with Crippen molar-refractivity contribution in [3.8, 4) is 0 Å². The SMILES string of the molecule is COCCn1nnnc1C(c1cc2cc(C)c(C)cc2[nH]c1=O)N(CCc1ccccc1)Cc1cccs1. The summed E-state index contributed by atoms with van der Waals surface area (Å²) >= 11 is 1.71. The van der Waals surface area contributed by atoms with Gasteiger partial charge in [-0.25, -0.2) is 4.68 Å². The third-order valence-corrected chi connectivity index (χ3v) is 7.79. The van der Waals surface area contributed by atoms with Gasteiger partial charge >= 0.3 is 0 Å². The number of ether oxygens (including phenoxy) is 1. The molecule has 0 amide bonds. The fourth-order valence-electron chi connectivity index (χ4n) is 4.76. The average Bonchev–Trinajstić information content (AvgIpc) is 3.60. The summed E-state index contributed by atoms with van der Waals surface area (Å²) in [4.78, 5) is 20.3. The van der Waals surface area contributed by atoms with E-state index >= 15 is 0 Å². The molecule has 2 aromatic carbocycles. The normalized spacial score (nSPS) is 12.4. The minimum absolute atomic E-state index is 0.136. The second-order valence-corrected chi connectivity index (χ2v) is 10.6. The zero-order chi connectivity index (χ0) is 26.5. The third-order valence-electron chi connectivity index (χ3n) is 6.93. The first-order chi connectivity index (χ1) is 18.5. The number of rotatable bonds is 11. The molecule has 5 aromatic rings. The first kappa shape index (κ1) is 26.0. The molecule has 3 aromatic heterocycles. The lowest BCUT2D eigenvalue weighted by atomic mass is 10.00. The van der Waals surface area contributed by atoms with Crippen LogP contribution in [0.1, 0.15) is 39.0 Å². The molecule has 9 heteroatoms. The van der Waals surface area contributed by atoms with Crippen LogP contribution in [0.2, 0.25) is 0 Å². The molecule has 1 unspecified atom stereocenters. The maximum atomic E-state index is 13.7. The van der Waals surface area contributed by atoms with E-state index in [4.69, 9.17) is 4.74 Å². The lowest BCUT2D eigenvalue weighted by Gasteiger charge is -2.31. The molecule has 0 radical (unpaired) electrons. The number of aryl methyl sites for hydroxylation is 2. The number of nitrogens with zero attached hydrogens (tertiary/aromatic N) is 5. The van der Waals surface area contributed by atoms with Gasteiger partial charge in [0.25, 0.3) is 5.56 Å². The van der Waals surface area contributed by atoms with Gasteiger partial charge in [-0.15, -0.1) is 16.4 Å². The minimum Gasteiger partial charge on any atom is -0.383 e. The number of benzene rings is 2. The van der Waals surface area contributed by atoms with Crippen molar-refractivity contribution >= 4 is 22.2 Å². The minimum atomic E-state index is -0.456. The number of hydrogen-bond donors (Lipinski definition) is 1. The number of H-pyrrole nitrogens is 1. The van der Waals surface area contributed by atoms with Crippen molar-refractivity contribution in [2.75, 3.05) is 20.3 Å². The van der Waals surface area contributed by atoms with Crippen LogP contribution >= 0.6 is 11.3 Å². The van der Waals surface area contributed by atoms with E-state index in [0.717, 1.165) is 22.9 Å². The Labute approximate surface area is 225 Å². The van der Waals surface area contributed by atoms with Crippen molar-refractivity contribution < 1.29 is 4.74 Å². The molecular weight excluding hydrogens is 496 g/mol. The Bertz CT molecular complexity index is 1540. The molecular formula is C29H32N6O2S. The predicted octanol–water partition coefficient (Wildman–Crippen LogP) is 4.67. The number of aromatic nitrogens is 5. The summed E-state index contributed by atoms with van der Waals surface area (Å²) in [5, 5.41) is 15.8. The Morgan fingerprint density at radius 3 is 2.66 bits per heavy atom. The predicted molar refractivity (Wildman–Crippen MR) is 150 cm³/mol.